The van der Waals surface area contributed by atoms with Crippen molar-refractivity contribution in [3.8, 4) is 0 Å². The fraction of sp³-hybridized carbons (Fsp3) is 0.526. The van der Waals surface area contributed by atoms with Gasteiger partial charge in [0.25, 0.3) is 5.91 Å². The zero-order valence-corrected chi connectivity index (χ0v) is 18.1. The van der Waals surface area contributed by atoms with Crippen molar-refractivity contribution >= 4 is 39.8 Å². The van der Waals surface area contributed by atoms with Crippen LogP contribution in [0, 0.1) is 0 Å². The molecule has 0 saturated carbocycles. The minimum Gasteiger partial charge on any atom is -0.443 e. The minimum absolute atomic E-state index is 0.287. The number of halogens is 1. The minimum atomic E-state index is -1.71. The number of hydrogen-bond acceptors (Lipinski definition) is 6. The van der Waals surface area contributed by atoms with Crippen molar-refractivity contribution in [1.29, 1.82) is 0 Å². The third kappa shape index (κ3) is 4.61. The normalized spacial score (nSPS) is 19.6. The summed E-state index contributed by atoms with van der Waals surface area (Å²) in [5, 5.41) is 0. The van der Waals surface area contributed by atoms with Gasteiger partial charge in [0.15, 0.2) is 0 Å². The Bertz CT molecular complexity index is 792. The number of amides is 2. The van der Waals surface area contributed by atoms with E-state index in [-0.39, 0.29) is 5.69 Å². The zero-order valence-electron chi connectivity index (χ0n) is 16.5. The predicted molar refractivity (Wildman–Crippen MR) is 103 cm³/mol. The molecule has 27 heavy (non-hydrogen) atoms. The first-order valence-corrected chi connectivity index (χ1v) is 9.23. The third-order valence-electron chi connectivity index (χ3n) is 3.58. The Kier molecular flexibility index (Phi) is 5.35. The van der Waals surface area contributed by atoms with Crippen molar-refractivity contribution in [3.63, 3.8) is 0 Å². The first kappa shape index (κ1) is 21.2. The topological polar surface area (TPSA) is 82.1 Å². The van der Waals surface area contributed by atoms with Crippen LogP contribution in [0.3, 0.4) is 0 Å². The lowest BCUT2D eigenvalue weighted by Crippen LogP contribution is -2.46. The van der Waals surface area contributed by atoms with Crippen molar-refractivity contribution in [2.24, 2.45) is 0 Å². The van der Waals surface area contributed by atoms with Crippen LogP contribution < -0.4 is 4.90 Å². The maximum atomic E-state index is 13.1. The number of ether oxygens (including phenoxy) is 3. The molecule has 0 aliphatic carbocycles. The molecule has 1 atom stereocenters. The highest BCUT2D eigenvalue weighted by molar-refractivity contribution is 9.10. The van der Waals surface area contributed by atoms with Crippen LogP contribution in [0.25, 0.3) is 0 Å². The van der Waals surface area contributed by atoms with Gasteiger partial charge in [0.2, 0.25) is 5.60 Å². The lowest BCUT2D eigenvalue weighted by Gasteiger charge is -2.27. The number of nitrogens with zero attached hydrogens (tertiary/aromatic N) is 1. The summed E-state index contributed by atoms with van der Waals surface area (Å²) in [5.41, 5.74) is -2.64. The molecule has 0 fully saturated rings. The van der Waals surface area contributed by atoms with E-state index in [1.54, 1.807) is 59.7 Å². The molecule has 1 unspecified atom stereocenters. The molecule has 0 bridgehead atoms. The summed E-state index contributed by atoms with van der Waals surface area (Å²) in [5.74, 6) is -0.726. The first-order chi connectivity index (χ1) is 12.1. The Morgan fingerprint density at radius 1 is 1.04 bits per heavy atom. The fourth-order valence-electron chi connectivity index (χ4n) is 2.56. The summed E-state index contributed by atoms with van der Waals surface area (Å²) in [4.78, 5) is 38.8. The largest absolute Gasteiger partial charge is 0.510 e. The predicted octanol–water partition coefficient (Wildman–Crippen LogP) is 4.90. The summed E-state index contributed by atoms with van der Waals surface area (Å²) in [6, 6.07) is 4.91. The molecule has 0 N–H and O–H groups in total. The highest BCUT2D eigenvalue weighted by Gasteiger charge is 2.54. The Labute approximate surface area is 167 Å². The van der Waals surface area contributed by atoms with Crippen molar-refractivity contribution in [2.75, 3.05) is 4.90 Å². The van der Waals surface area contributed by atoms with Crippen LogP contribution in [-0.4, -0.2) is 29.4 Å². The lowest BCUT2D eigenvalue weighted by atomic mass is 9.98. The summed E-state index contributed by atoms with van der Waals surface area (Å²) in [7, 11) is 0. The van der Waals surface area contributed by atoms with Crippen molar-refractivity contribution < 1.29 is 28.6 Å². The Morgan fingerprint density at radius 3 is 2.11 bits per heavy atom. The monoisotopic (exact) mass is 441 g/mol. The van der Waals surface area contributed by atoms with Gasteiger partial charge in [-0.15, -0.1) is 0 Å². The van der Waals surface area contributed by atoms with Crippen LogP contribution in [-0.2, 0) is 24.6 Å². The van der Waals surface area contributed by atoms with E-state index in [9.17, 15) is 14.4 Å². The van der Waals surface area contributed by atoms with E-state index in [1.165, 1.54) is 6.92 Å². The van der Waals surface area contributed by atoms with Crippen molar-refractivity contribution in [2.45, 2.75) is 65.3 Å². The number of carbonyl (C=O) groups is 3. The molecule has 0 radical (unpaired) electrons. The van der Waals surface area contributed by atoms with Crippen molar-refractivity contribution in [3.05, 3.63) is 28.2 Å². The van der Waals surface area contributed by atoms with Gasteiger partial charge in [-0.25, -0.2) is 14.5 Å². The maximum Gasteiger partial charge on any atom is 0.510 e. The lowest BCUT2D eigenvalue weighted by molar-refractivity contribution is -0.139. The molecule has 2 amide bonds. The van der Waals surface area contributed by atoms with E-state index < -0.39 is 35.0 Å². The van der Waals surface area contributed by atoms with Crippen LogP contribution in [0.4, 0.5) is 15.3 Å². The average molecular weight is 442 g/mol. The number of hydrogen-bond donors (Lipinski definition) is 0. The highest BCUT2D eigenvalue weighted by Crippen LogP contribution is 2.44. The van der Waals surface area contributed by atoms with Gasteiger partial charge in [0.05, 0.1) is 5.69 Å². The SMILES string of the molecule is CC(C)(C)OC(=O)OC1(C)C(=O)N(C(=O)OC(C)(C)C)c2cc(Br)ccc21. The zero-order chi connectivity index (χ0) is 20.8. The van der Waals surface area contributed by atoms with E-state index in [1.807, 2.05) is 0 Å². The average Bonchev–Trinajstić information content (AvgIpc) is 2.62. The Balaban J connectivity index is 2.45. The summed E-state index contributed by atoms with van der Waals surface area (Å²) >= 11 is 3.33. The second kappa shape index (κ2) is 6.82. The van der Waals surface area contributed by atoms with Crippen LogP contribution in [0.5, 0.6) is 0 Å². The number of rotatable bonds is 1. The van der Waals surface area contributed by atoms with Crippen molar-refractivity contribution in [1.82, 2.24) is 0 Å². The molecule has 7 nitrogen and oxygen atoms in total. The molecule has 1 aromatic carbocycles. The third-order valence-corrected chi connectivity index (χ3v) is 4.07. The van der Waals surface area contributed by atoms with E-state index in [0.717, 1.165) is 4.90 Å². The molecule has 1 aromatic rings. The van der Waals surface area contributed by atoms with Gasteiger partial charge in [0, 0.05) is 10.0 Å². The van der Waals surface area contributed by atoms with Gasteiger partial charge in [-0.1, -0.05) is 22.0 Å². The summed E-state index contributed by atoms with van der Waals surface area (Å²) < 4.78 is 16.6. The molecule has 1 heterocycles. The maximum absolute atomic E-state index is 13.1. The molecule has 2 rings (SSSR count). The number of fused-ring (bicyclic) bond motifs is 1. The summed E-state index contributed by atoms with van der Waals surface area (Å²) in [6.45, 7) is 11.6. The number of imide groups is 1. The summed E-state index contributed by atoms with van der Waals surface area (Å²) in [6.07, 6.45) is -1.85. The van der Waals surface area contributed by atoms with Gasteiger partial charge in [-0.3, -0.25) is 4.79 Å². The number of anilines is 1. The molecular weight excluding hydrogens is 418 g/mol. The number of benzene rings is 1. The molecule has 0 aromatic heterocycles. The van der Waals surface area contributed by atoms with Gasteiger partial charge >= 0.3 is 12.2 Å². The second-order valence-electron chi connectivity index (χ2n) is 8.38. The van der Waals surface area contributed by atoms with Crippen LogP contribution in [0.15, 0.2) is 22.7 Å². The van der Waals surface area contributed by atoms with E-state index in [2.05, 4.69) is 15.9 Å². The van der Waals surface area contributed by atoms with Crippen LogP contribution >= 0.6 is 15.9 Å². The molecule has 1 aliphatic rings. The molecular formula is C19H24BrNO6. The standard InChI is InChI=1S/C19H24BrNO6/c1-17(2,3)25-15(23)21-13-10-11(20)8-9-12(13)19(7,14(21)22)27-16(24)26-18(4,5)6/h8-10H,1-7H3. The first-order valence-electron chi connectivity index (χ1n) is 8.43. The van der Waals surface area contributed by atoms with Gasteiger partial charge < -0.3 is 14.2 Å². The van der Waals surface area contributed by atoms with E-state index >= 15 is 0 Å². The Hall–Kier alpha value is -2.09. The van der Waals surface area contributed by atoms with Gasteiger partial charge in [0.1, 0.15) is 11.2 Å². The quantitative estimate of drug-likeness (QED) is 0.576. The van der Waals surface area contributed by atoms with E-state index in [4.69, 9.17) is 14.2 Å². The molecule has 148 valence electrons. The Morgan fingerprint density at radius 2 is 1.59 bits per heavy atom. The molecule has 1 aliphatic heterocycles. The molecule has 0 spiro atoms. The smallest absolute Gasteiger partial charge is 0.443 e. The molecule has 0 saturated heterocycles. The van der Waals surface area contributed by atoms with Crippen LogP contribution in [0.1, 0.15) is 54.0 Å². The second-order valence-corrected chi connectivity index (χ2v) is 9.30. The van der Waals surface area contributed by atoms with Crippen LogP contribution in [0.2, 0.25) is 0 Å². The van der Waals surface area contributed by atoms with Gasteiger partial charge in [-0.05, 0) is 60.6 Å². The van der Waals surface area contributed by atoms with E-state index in [0.29, 0.717) is 10.0 Å². The number of carbonyl (C=O) groups excluding carboxylic acids is 3. The highest BCUT2D eigenvalue weighted by atomic mass is 79.9. The fourth-order valence-corrected chi connectivity index (χ4v) is 2.91. The van der Waals surface area contributed by atoms with Gasteiger partial charge in [-0.2, -0.15) is 0 Å². The molecule has 8 heteroatoms.